The van der Waals surface area contributed by atoms with E-state index in [9.17, 15) is 50.3 Å². The van der Waals surface area contributed by atoms with E-state index in [1.54, 1.807) is 32.9 Å². The smallest absolute Gasteiger partial charge is 0.344 e. The summed E-state index contributed by atoms with van der Waals surface area (Å²) in [5, 5.41) is 8.60. The first kappa shape index (κ1) is 90.0. The van der Waals surface area contributed by atoms with Crippen LogP contribution >= 0.6 is 0 Å². The average Bonchev–Trinajstić information content (AvgIpc) is 1.54. The standard InChI is InChI=1S/C78H122F8N12O12/c1-14-24-50-41-58-68(103)89-76(34-21-22-35-76)75(110)96(13)66(51-25-19-20-26-51)74(109)95(12)59(70(105)90(7)16-3)42-62(100)94(11)57(37-46(4)5)67(102)88-65(47(6)15-2)73(108)92(9)45-63(101)93(10)56-27-18-17-23-36-97(72(56)107)60(40-48-28-31-52(32-29-48)77(81,82)83)71(106)91(8)44-61(99)87-55(69(104)98(58)43-50)33-30-49-38-53(79)64(54(80)39-49)78(84,85)86/h17-18,46-60,64-66H,14-16,19-45H2,1-13H3,(H,87,99)(H,88,102)(H,89,103)/b18-17-/t47-,48?,49?,50+,52?,53?,54?,55-,56-,57-,58-,59-,60-,64?,65-,66-/m0/s1. The van der Waals surface area contributed by atoms with Crippen molar-refractivity contribution in [2.24, 2.45) is 47.3 Å². The van der Waals surface area contributed by atoms with Gasteiger partial charge in [-0.1, -0.05) is 85.3 Å². The molecule has 110 heavy (non-hydrogen) atoms. The fourth-order valence-corrected chi connectivity index (χ4v) is 18.0. The fraction of sp³-hybridized carbons (Fsp3) is 0.821. The molecular formula is C78H122F8N12O12. The summed E-state index contributed by atoms with van der Waals surface area (Å²) in [6.07, 6.45) is -10.2. The summed E-state index contributed by atoms with van der Waals surface area (Å²) in [5.74, 6) is -16.9. The third kappa shape index (κ3) is 22.0. The molecule has 0 radical (unpaired) electrons. The lowest BCUT2D eigenvalue weighted by atomic mass is 9.76. The largest absolute Gasteiger partial charge is 0.397 e. The predicted octanol–water partition coefficient (Wildman–Crippen LogP) is 8.14. The van der Waals surface area contributed by atoms with Crippen molar-refractivity contribution in [3.63, 3.8) is 0 Å². The van der Waals surface area contributed by atoms with Crippen molar-refractivity contribution in [3.8, 4) is 0 Å². The lowest BCUT2D eigenvalue weighted by Gasteiger charge is -2.42. The molecule has 3 aliphatic heterocycles. The second-order valence-corrected chi connectivity index (χ2v) is 33.2. The maximum Gasteiger partial charge on any atom is 0.397 e. The summed E-state index contributed by atoms with van der Waals surface area (Å²) in [5.41, 5.74) is -1.68. The van der Waals surface area contributed by atoms with E-state index in [0.29, 0.717) is 57.8 Å². The molecule has 32 heteroatoms. The molecule has 0 aromatic carbocycles. The zero-order chi connectivity index (χ0) is 81.8. The number of alkyl halides is 8. The van der Waals surface area contributed by atoms with Gasteiger partial charge in [0.1, 0.15) is 72.1 Å². The summed E-state index contributed by atoms with van der Waals surface area (Å²) in [6.45, 7) is 9.17. The zero-order valence-corrected chi connectivity index (χ0v) is 66.7. The summed E-state index contributed by atoms with van der Waals surface area (Å²) >= 11 is 0. The van der Waals surface area contributed by atoms with Crippen LogP contribution in [-0.4, -0.2) is 276 Å². The number of rotatable bonds is 14. The minimum atomic E-state index is -5.21. The molecule has 7 aliphatic rings. The molecule has 2 bridgehead atoms. The number of carbonyl (C=O) groups excluding carboxylic acids is 12. The SMILES string of the molecule is CCC[C@@H]1C[C@H]2C(=O)NC3(CCCC3)C(=O)N(C)[C@@H](C3CCCC3)C(=O)N(C)[C@H](C(=O)N(C)CC)CC(=O)N(C)[C@@H](CC(C)C)C(=O)N[C@@H]([C@@H](C)CC)C(=O)N(C)CC(=O)N(C)[C@H]3C/C=C\CCN(C3=O)[C@@H](CC3CCC(C(F)(F)F)CC3)C(=O)N(C)CC(=O)N[C@@H](CCC3CC(F)C(C(F)(F)F)C(F)C3)C(=O)N2C1. The number of likely N-dealkylation sites (N-methyl/N-ethyl adjacent to an activating group) is 7. The van der Waals surface area contributed by atoms with Gasteiger partial charge in [-0.15, -0.1) is 0 Å². The molecule has 7 rings (SSSR count). The average molecular weight is 1570 g/mol. The van der Waals surface area contributed by atoms with Gasteiger partial charge in [0.2, 0.25) is 70.9 Å². The van der Waals surface area contributed by atoms with Crippen molar-refractivity contribution >= 4 is 70.9 Å². The van der Waals surface area contributed by atoms with Crippen molar-refractivity contribution in [2.45, 2.75) is 281 Å². The number of nitrogens with zero attached hydrogens (tertiary/aromatic N) is 9. The number of fused-ring (bicyclic) bond motifs is 3. The van der Waals surface area contributed by atoms with E-state index in [-0.39, 0.29) is 109 Å². The Labute approximate surface area is 643 Å². The summed E-state index contributed by atoms with van der Waals surface area (Å²) < 4.78 is 116. The molecule has 0 aromatic heterocycles. The van der Waals surface area contributed by atoms with Gasteiger partial charge in [-0.2, -0.15) is 26.3 Å². The number of hydrogen-bond acceptors (Lipinski definition) is 12. The van der Waals surface area contributed by atoms with Gasteiger partial charge in [0.05, 0.1) is 25.4 Å². The molecule has 1 spiro atoms. The molecule has 4 saturated carbocycles. The summed E-state index contributed by atoms with van der Waals surface area (Å²) in [4.78, 5) is 193. The molecule has 4 aliphatic carbocycles. The van der Waals surface area contributed by atoms with Gasteiger partial charge < -0.3 is 60.0 Å². The second kappa shape index (κ2) is 39.0. The van der Waals surface area contributed by atoms with Crippen molar-refractivity contribution < 1.29 is 92.7 Å². The van der Waals surface area contributed by atoms with Crippen LogP contribution in [0.5, 0.6) is 0 Å². The van der Waals surface area contributed by atoms with E-state index in [4.69, 9.17) is 0 Å². The Bertz CT molecular complexity index is 3260. The second-order valence-electron chi connectivity index (χ2n) is 33.2. The molecule has 12 amide bonds. The van der Waals surface area contributed by atoms with Gasteiger partial charge in [-0.05, 0) is 158 Å². The third-order valence-electron chi connectivity index (χ3n) is 25.0. The molecular weight excluding hydrogens is 1450 g/mol. The number of nitrogens with one attached hydrogen (secondary N) is 3. The molecule has 6 fully saturated rings. The minimum Gasteiger partial charge on any atom is -0.344 e. The molecule has 2 saturated heterocycles. The highest BCUT2D eigenvalue weighted by molar-refractivity contribution is 6.01. The topological polar surface area (TPSA) is 270 Å². The third-order valence-corrected chi connectivity index (χ3v) is 25.0. The van der Waals surface area contributed by atoms with Crippen molar-refractivity contribution in [1.29, 1.82) is 0 Å². The van der Waals surface area contributed by atoms with Gasteiger partial charge in [0.25, 0.3) is 0 Å². The Morgan fingerprint density at radius 2 is 1.23 bits per heavy atom. The number of amides is 12. The quantitative estimate of drug-likeness (QED) is 0.110. The van der Waals surface area contributed by atoms with Crippen LogP contribution in [0.2, 0.25) is 0 Å². The molecule has 3 heterocycles. The first-order chi connectivity index (χ1) is 51.6. The highest BCUT2D eigenvalue weighted by Crippen LogP contribution is 2.46. The lowest BCUT2D eigenvalue weighted by molar-refractivity contribution is -0.219. The first-order valence-electron chi connectivity index (χ1n) is 40.0. The van der Waals surface area contributed by atoms with Crippen LogP contribution in [0.3, 0.4) is 0 Å². The molecule has 12 atom stereocenters. The maximum atomic E-state index is 15.8. The number of carbonyl (C=O) groups is 12. The Morgan fingerprint density at radius 3 is 1.80 bits per heavy atom. The van der Waals surface area contributed by atoms with Crippen molar-refractivity contribution in [2.75, 3.05) is 82.1 Å². The van der Waals surface area contributed by atoms with Crippen LogP contribution in [0.4, 0.5) is 35.1 Å². The molecule has 0 aromatic rings. The molecule has 24 nitrogen and oxygen atoms in total. The van der Waals surface area contributed by atoms with Crippen molar-refractivity contribution in [3.05, 3.63) is 12.2 Å². The highest BCUT2D eigenvalue weighted by atomic mass is 19.4. The van der Waals surface area contributed by atoms with Crippen molar-refractivity contribution in [1.82, 2.24) is 60.0 Å². The minimum absolute atomic E-state index is 0.00389. The maximum absolute atomic E-state index is 15.8. The Balaban J connectivity index is 1.34. The number of hydrogen-bond donors (Lipinski definition) is 3. The number of halogens is 8. The normalized spacial score (nSPS) is 31.7. The van der Waals surface area contributed by atoms with E-state index < -0.39 is 224 Å². The van der Waals surface area contributed by atoms with Crippen LogP contribution in [0.15, 0.2) is 12.2 Å². The lowest BCUT2D eigenvalue weighted by Crippen LogP contribution is -2.65. The van der Waals surface area contributed by atoms with Gasteiger partial charge in [0.15, 0.2) is 0 Å². The first-order valence-corrected chi connectivity index (χ1v) is 40.0. The highest BCUT2D eigenvalue weighted by Gasteiger charge is 2.56. The van der Waals surface area contributed by atoms with Crippen LogP contribution in [-0.2, 0) is 57.5 Å². The van der Waals surface area contributed by atoms with Crippen LogP contribution in [0, 0.1) is 47.3 Å². The van der Waals surface area contributed by atoms with Crippen LogP contribution in [0.1, 0.15) is 202 Å². The van der Waals surface area contributed by atoms with Gasteiger partial charge in [-0.25, -0.2) is 8.78 Å². The van der Waals surface area contributed by atoms with Crippen LogP contribution in [0.25, 0.3) is 0 Å². The Kier molecular flexibility index (Phi) is 31.9. The zero-order valence-electron chi connectivity index (χ0n) is 66.7. The van der Waals surface area contributed by atoms with E-state index in [0.717, 1.165) is 14.7 Å². The van der Waals surface area contributed by atoms with Gasteiger partial charge in [0, 0.05) is 69.0 Å². The predicted molar refractivity (Wildman–Crippen MR) is 393 cm³/mol. The van der Waals surface area contributed by atoms with Gasteiger partial charge in [-0.3, -0.25) is 57.5 Å². The van der Waals surface area contributed by atoms with Crippen LogP contribution < -0.4 is 16.0 Å². The summed E-state index contributed by atoms with van der Waals surface area (Å²) in [7, 11) is 9.62. The molecule has 3 N–H and O–H groups in total. The Hall–Kier alpha value is -7.18. The Morgan fingerprint density at radius 1 is 0.609 bits per heavy atom. The van der Waals surface area contributed by atoms with E-state index in [2.05, 4.69) is 16.0 Å². The molecule has 622 valence electrons. The van der Waals surface area contributed by atoms with E-state index in [1.807, 2.05) is 20.8 Å². The molecule has 2 unspecified atom stereocenters. The van der Waals surface area contributed by atoms with E-state index in [1.165, 1.54) is 78.7 Å². The fourth-order valence-electron chi connectivity index (χ4n) is 18.0. The van der Waals surface area contributed by atoms with Gasteiger partial charge >= 0.3 is 12.4 Å². The summed E-state index contributed by atoms with van der Waals surface area (Å²) in [6, 6.07) is -11.2. The monoisotopic (exact) mass is 1570 g/mol. The van der Waals surface area contributed by atoms with E-state index >= 15 is 42.3 Å².